The fourth-order valence-electron chi connectivity index (χ4n) is 2.23. The highest BCUT2D eigenvalue weighted by atomic mass is 19.4. The Morgan fingerprint density at radius 1 is 0.952 bits per heavy atom. The van der Waals surface area contributed by atoms with Crippen LogP contribution in [0.5, 0.6) is 0 Å². The molecule has 0 amide bonds. The van der Waals surface area contributed by atoms with Crippen molar-refractivity contribution < 1.29 is 13.2 Å². The van der Waals surface area contributed by atoms with Crippen LogP contribution in [-0.4, -0.2) is 0 Å². The van der Waals surface area contributed by atoms with Gasteiger partial charge in [-0.25, -0.2) is 0 Å². The molecule has 0 aliphatic heterocycles. The van der Waals surface area contributed by atoms with Crippen LogP contribution in [0, 0.1) is 0 Å². The molecule has 0 saturated heterocycles. The maximum absolute atomic E-state index is 12.9. The van der Waals surface area contributed by atoms with Gasteiger partial charge < -0.3 is 0 Å². The molecule has 0 spiro atoms. The van der Waals surface area contributed by atoms with E-state index in [4.69, 9.17) is 0 Å². The van der Waals surface area contributed by atoms with Gasteiger partial charge in [0.15, 0.2) is 0 Å². The lowest BCUT2D eigenvalue weighted by Gasteiger charge is -2.09. The molecule has 21 heavy (non-hydrogen) atoms. The molecule has 0 heterocycles. The highest BCUT2D eigenvalue weighted by Gasteiger charge is 2.32. The third-order valence-electron chi connectivity index (χ3n) is 3.21. The molecule has 0 atom stereocenters. The lowest BCUT2D eigenvalue weighted by molar-refractivity contribution is -0.137. The highest BCUT2D eigenvalue weighted by molar-refractivity contribution is 5.71. The Hall–Kier alpha value is -2.03. The van der Waals surface area contributed by atoms with Gasteiger partial charge in [-0.15, -0.1) is 0 Å². The molecule has 2 aromatic rings. The van der Waals surface area contributed by atoms with Crippen molar-refractivity contribution >= 4 is 12.2 Å². The molecule has 0 bridgehead atoms. The highest BCUT2D eigenvalue weighted by Crippen LogP contribution is 2.32. The predicted octanol–water partition coefficient (Wildman–Crippen LogP) is 5.83. The van der Waals surface area contributed by atoms with Crippen LogP contribution in [0.3, 0.4) is 0 Å². The van der Waals surface area contributed by atoms with Gasteiger partial charge in [0.2, 0.25) is 0 Å². The van der Waals surface area contributed by atoms with E-state index in [1.807, 2.05) is 24.3 Å². The Morgan fingerprint density at radius 2 is 1.71 bits per heavy atom. The summed E-state index contributed by atoms with van der Waals surface area (Å²) in [4.78, 5) is 0. The van der Waals surface area contributed by atoms with Crippen LogP contribution in [0.25, 0.3) is 12.2 Å². The molecule has 3 heteroatoms. The molecule has 0 fully saturated rings. The summed E-state index contributed by atoms with van der Waals surface area (Å²) in [5, 5.41) is 0. The summed E-state index contributed by atoms with van der Waals surface area (Å²) in [5.74, 6) is 0. The third kappa shape index (κ3) is 4.22. The van der Waals surface area contributed by atoms with E-state index in [9.17, 15) is 13.2 Å². The fraction of sp³-hybridized carbons (Fsp3) is 0.222. The minimum atomic E-state index is -4.33. The SMILES string of the molecule is CCCc1cccc(C=Cc2ccccc2C(F)(F)F)c1. The molecule has 0 saturated carbocycles. The molecule has 0 aliphatic rings. The van der Waals surface area contributed by atoms with Crippen LogP contribution < -0.4 is 0 Å². The zero-order valence-electron chi connectivity index (χ0n) is 11.8. The molecule has 0 nitrogen and oxygen atoms in total. The van der Waals surface area contributed by atoms with Gasteiger partial charge in [0.1, 0.15) is 0 Å². The number of benzene rings is 2. The monoisotopic (exact) mass is 290 g/mol. The fourth-order valence-corrected chi connectivity index (χ4v) is 2.23. The van der Waals surface area contributed by atoms with E-state index in [0.717, 1.165) is 24.5 Å². The van der Waals surface area contributed by atoms with Gasteiger partial charge >= 0.3 is 6.18 Å². The second-order valence-electron chi connectivity index (χ2n) is 4.91. The minimum Gasteiger partial charge on any atom is -0.166 e. The van der Waals surface area contributed by atoms with Crippen molar-refractivity contribution in [2.75, 3.05) is 0 Å². The van der Waals surface area contributed by atoms with Crippen molar-refractivity contribution in [2.24, 2.45) is 0 Å². The van der Waals surface area contributed by atoms with E-state index >= 15 is 0 Å². The van der Waals surface area contributed by atoms with E-state index in [2.05, 4.69) is 6.92 Å². The summed E-state index contributed by atoms with van der Waals surface area (Å²) in [7, 11) is 0. The first-order valence-electron chi connectivity index (χ1n) is 6.94. The van der Waals surface area contributed by atoms with Crippen molar-refractivity contribution in [3.63, 3.8) is 0 Å². The third-order valence-corrected chi connectivity index (χ3v) is 3.21. The predicted molar refractivity (Wildman–Crippen MR) is 80.8 cm³/mol. The Balaban J connectivity index is 2.28. The molecule has 110 valence electrons. The summed E-state index contributed by atoms with van der Waals surface area (Å²) in [6.45, 7) is 2.10. The number of hydrogen-bond acceptors (Lipinski definition) is 0. The Labute approximate surface area is 122 Å². The first-order valence-corrected chi connectivity index (χ1v) is 6.94. The van der Waals surface area contributed by atoms with Gasteiger partial charge in [-0.05, 0) is 29.2 Å². The van der Waals surface area contributed by atoms with Crippen LogP contribution in [0.4, 0.5) is 13.2 Å². The van der Waals surface area contributed by atoms with E-state index in [1.165, 1.54) is 23.8 Å². The second-order valence-corrected chi connectivity index (χ2v) is 4.91. The molecule has 2 aromatic carbocycles. The van der Waals surface area contributed by atoms with E-state index in [-0.39, 0.29) is 5.56 Å². The Bertz CT molecular complexity index is 624. The average molecular weight is 290 g/mol. The van der Waals surface area contributed by atoms with E-state index in [0.29, 0.717) is 0 Å². The van der Waals surface area contributed by atoms with Crippen LogP contribution in [0.15, 0.2) is 48.5 Å². The lowest BCUT2D eigenvalue weighted by Crippen LogP contribution is -2.06. The molecule has 0 aliphatic carbocycles. The summed E-state index contributed by atoms with van der Waals surface area (Å²) < 4.78 is 38.7. The molecule has 0 unspecified atom stereocenters. The maximum Gasteiger partial charge on any atom is 0.416 e. The second kappa shape index (κ2) is 6.61. The topological polar surface area (TPSA) is 0 Å². The molecule has 0 aromatic heterocycles. The number of hydrogen-bond donors (Lipinski definition) is 0. The zero-order chi connectivity index (χ0) is 15.3. The van der Waals surface area contributed by atoms with Crippen molar-refractivity contribution in [2.45, 2.75) is 25.9 Å². The molecular formula is C18H17F3. The smallest absolute Gasteiger partial charge is 0.166 e. The van der Waals surface area contributed by atoms with Crippen LogP contribution in [0.1, 0.15) is 35.6 Å². The van der Waals surface area contributed by atoms with Crippen LogP contribution in [-0.2, 0) is 12.6 Å². The van der Waals surface area contributed by atoms with Gasteiger partial charge in [0.25, 0.3) is 0 Å². The number of halogens is 3. The van der Waals surface area contributed by atoms with E-state index in [1.54, 1.807) is 12.1 Å². The lowest BCUT2D eigenvalue weighted by atomic mass is 10.0. The normalized spacial score (nSPS) is 12.0. The quantitative estimate of drug-likeness (QED) is 0.622. The average Bonchev–Trinajstić information content (AvgIpc) is 2.45. The largest absolute Gasteiger partial charge is 0.416 e. The molecule has 0 N–H and O–H groups in total. The summed E-state index contributed by atoms with van der Waals surface area (Å²) in [5.41, 5.74) is 1.69. The first kappa shape index (κ1) is 15.4. The van der Waals surface area contributed by atoms with Gasteiger partial charge in [0, 0.05) is 0 Å². The van der Waals surface area contributed by atoms with Gasteiger partial charge in [0.05, 0.1) is 5.56 Å². The number of aryl methyl sites for hydroxylation is 1. The number of alkyl halides is 3. The summed E-state index contributed by atoms with van der Waals surface area (Å²) >= 11 is 0. The van der Waals surface area contributed by atoms with E-state index < -0.39 is 11.7 Å². The zero-order valence-corrected chi connectivity index (χ0v) is 11.8. The molecular weight excluding hydrogens is 273 g/mol. The standard InChI is InChI=1S/C18H17F3/c1-2-6-14-7-5-8-15(13-14)11-12-16-9-3-4-10-17(16)18(19,20)21/h3-5,7-13H,2,6H2,1H3. The first-order chi connectivity index (χ1) is 10.0. The van der Waals surface area contributed by atoms with Crippen molar-refractivity contribution in [1.29, 1.82) is 0 Å². The van der Waals surface area contributed by atoms with Crippen molar-refractivity contribution in [3.05, 3.63) is 70.8 Å². The van der Waals surface area contributed by atoms with Gasteiger partial charge in [-0.2, -0.15) is 13.2 Å². The Morgan fingerprint density at radius 3 is 2.43 bits per heavy atom. The summed E-state index contributed by atoms with van der Waals surface area (Å²) in [6, 6.07) is 13.5. The number of rotatable bonds is 4. The van der Waals surface area contributed by atoms with Gasteiger partial charge in [-0.3, -0.25) is 0 Å². The van der Waals surface area contributed by atoms with Crippen LogP contribution >= 0.6 is 0 Å². The summed E-state index contributed by atoms with van der Waals surface area (Å²) in [6.07, 6.45) is 0.938. The van der Waals surface area contributed by atoms with Crippen LogP contribution in [0.2, 0.25) is 0 Å². The minimum absolute atomic E-state index is 0.186. The van der Waals surface area contributed by atoms with Crippen molar-refractivity contribution in [3.8, 4) is 0 Å². The van der Waals surface area contributed by atoms with Crippen molar-refractivity contribution in [1.82, 2.24) is 0 Å². The molecule has 0 radical (unpaired) electrons. The maximum atomic E-state index is 12.9. The van der Waals surface area contributed by atoms with Gasteiger partial charge in [-0.1, -0.05) is 68.0 Å². The molecule has 2 rings (SSSR count). The Kier molecular flexibility index (Phi) is 4.84.